The Labute approximate surface area is 107 Å². The van der Waals surface area contributed by atoms with Crippen molar-refractivity contribution in [2.24, 2.45) is 5.73 Å². The summed E-state index contributed by atoms with van der Waals surface area (Å²) < 4.78 is 0. The molecule has 0 radical (unpaired) electrons. The molecule has 0 amide bonds. The normalized spacial score (nSPS) is 10.7. The Hall–Kier alpha value is -0.370. The molecule has 0 aliphatic rings. The Morgan fingerprint density at radius 1 is 0.765 bits per heavy atom. The number of nitrogens with two attached hydrogens (primary N) is 1. The minimum Gasteiger partial charge on any atom is -0.330 e. The first-order valence-electron chi connectivity index (χ1n) is 7.53. The topological polar surface area (TPSA) is 43.1 Å². The molecule has 0 heterocycles. The van der Waals surface area contributed by atoms with Gasteiger partial charge in [0, 0.05) is 12.8 Å². The predicted octanol–water partition coefficient (Wildman–Crippen LogP) is 4.22. The highest BCUT2D eigenvalue weighted by Gasteiger charge is 2.01. The van der Waals surface area contributed by atoms with Crippen molar-refractivity contribution in [2.75, 3.05) is 6.54 Å². The number of rotatable bonds is 13. The Morgan fingerprint density at radius 3 is 1.76 bits per heavy atom. The number of unbranched alkanes of at least 4 members (excludes halogenated alkanes) is 8. The van der Waals surface area contributed by atoms with Gasteiger partial charge in [0.15, 0.2) is 0 Å². The van der Waals surface area contributed by atoms with Gasteiger partial charge in [0.2, 0.25) is 0 Å². The molecule has 0 spiro atoms. The molecule has 0 aromatic carbocycles. The van der Waals surface area contributed by atoms with Crippen LogP contribution in [0.1, 0.15) is 84.0 Å². The first-order chi connectivity index (χ1) is 8.31. The third kappa shape index (κ3) is 13.6. The van der Waals surface area contributed by atoms with Crippen molar-refractivity contribution < 1.29 is 4.79 Å². The van der Waals surface area contributed by atoms with Gasteiger partial charge < -0.3 is 5.73 Å². The minimum absolute atomic E-state index is 0.473. The lowest BCUT2D eigenvalue weighted by molar-refractivity contribution is -0.119. The van der Waals surface area contributed by atoms with Crippen molar-refractivity contribution in [2.45, 2.75) is 84.0 Å². The Balaban J connectivity index is 3.12. The van der Waals surface area contributed by atoms with E-state index in [-0.39, 0.29) is 0 Å². The van der Waals surface area contributed by atoms with Crippen molar-refractivity contribution >= 4 is 5.78 Å². The molecular weight excluding hydrogens is 210 g/mol. The molecule has 2 nitrogen and oxygen atoms in total. The summed E-state index contributed by atoms with van der Waals surface area (Å²) in [5, 5.41) is 0. The summed E-state index contributed by atoms with van der Waals surface area (Å²) in [6.07, 6.45) is 13.7. The summed E-state index contributed by atoms with van der Waals surface area (Å²) in [5.41, 5.74) is 5.43. The van der Waals surface area contributed by atoms with E-state index in [1.165, 1.54) is 44.9 Å². The van der Waals surface area contributed by atoms with Gasteiger partial charge in [0.25, 0.3) is 0 Å². The van der Waals surface area contributed by atoms with E-state index in [1.54, 1.807) is 0 Å². The second-order valence-electron chi connectivity index (χ2n) is 5.01. The molecule has 0 rings (SSSR count). The van der Waals surface area contributed by atoms with Crippen LogP contribution in [0.5, 0.6) is 0 Å². The maximum atomic E-state index is 11.5. The average Bonchev–Trinajstić information content (AvgIpc) is 2.33. The summed E-state index contributed by atoms with van der Waals surface area (Å²) in [7, 11) is 0. The third-order valence-electron chi connectivity index (χ3n) is 3.22. The van der Waals surface area contributed by atoms with Crippen molar-refractivity contribution in [3.05, 3.63) is 0 Å². The quantitative estimate of drug-likeness (QED) is 0.491. The second kappa shape index (κ2) is 13.7. The molecule has 2 N–H and O–H groups in total. The average molecular weight is 241 g/mol. The molecule has 0 fully saturated rings. The largest absolute Gasteiger partial charge is 0.330 e. The van der Waals surface area contributed by atoms with Gasteiger partial charge in [-0.3, -0.25) is 4.79 Å². The molecule has 0 atom stereocenters. The molecule has 2 heteroatoms. The first-order valence-corrected chi connectivity index (χ1v) is 7.53. The fraction of sp³-hybridized carbons (Fsp3) is 0.933. The van der Waals surface area contributed by atoms with Crippen LogP contribution in [0.4, 0.5) is 0 Å². The lowest BCUT2D eigenvalue weighted by atomic mass is 10.0. The van der Waals surface area contributed by atoms with Crippen LogP contribution < -0.4 is 5.73 Å². The van der Waals surface area contributed by atoms with Crippen LogP contribution in [0.3, 0.4) is 0 Å². The molecule has 0 aromatic rings. The lowest BCUT2D eigenvalue weighted by Crippen LogP contribution is -1.99. The van der Waals surface area contributed by atoms with E-state index in [0.29, 0.717) is 5.78 Å². The molecular formula is C15H31NO. The van der Waals surface area contributed by atoms with Gasteiger partial charge in [-0.1, -0.05) is 51.9 Å². The zero-order valence-corrected chi connectivity index (χ0v) is 11.7. The van der Waals surface area contributed by atoms with Crippen LogP contribution in [0.15, 0.2) is 0 Å². The lowest BCUT2D eigenvalue weighted by Gasteiger charge is -2.02. The van der Waals surface area contributed by atoms with E-state index >= 15 is 0 Å². The van der Waals surface area contributed by atoms with E-state index in [0.717, 1.165) is 38.6 Å². The highest BCUT2D eigenvalue weighted by Crippen LogP contribution is 2.10. The number of carbonyl (C=O) groups is 1. The molecule has 0 aliphatic heterocycles. The zero-order valence-electron chi connectivity index (χ0n) is 11.7. The molecule has 0 saturated heterocycles. The molecule has 0 saturated carbocycles. The smallest absolute Gasteiger partial charge is 0.132 e. The Kier molecular flexibility index (Phi) is 13.4. The number of ketones is 1. The monoisotopic (exact) mass is 241 g/mol. The van der Waals surface area contributed by atoms with Gasteiger partial charge in [0.05, 0.1) is 0 Å². The van der Waals surface area contributed by atoms with E-state index in [9.17, 15) is 4.79 Å². The molecule has 0 aliphatic carbocycles. The van der Waals surface area contributed by atoms with Gasteiger partial charge in [0.1, 0.15) is 5.78 Å². The molecule has 0 aromatic heterocycles. The summed E-state index contributed by atoms with van der Waals surface area (Å²) in [5.74, 6) is 0.473. The van der Waals surface area contributed by atoms with Crippen molar-refractivity contribution in [3.63, 3.8) is 0 Å². The minimum atomic E-state index is 0.473. The molecule has 0 unspecified atom stereocenters. The molecule has 17 heavy (non-hydrogen) atoms. The maximum Gasteiger partial charge on any atom is 0.132 e. The fourth-order valence-corrected chi connectivity index (χ4v) is 2.05. The third-order valence-corrected chi connectivity index (χ3v) is 3.22. The molecule has 102 valence electrons. The SMILES string of the molecule is CCCCCCCC(=O)CCCCCCCN. The van der Waals surface area contributed by atoms with Crippen LogP contribution >= 0.6 is 0 Å². The van der Waals surface area contributed by atoms with Gasteiger partial charge >= 0.3 is 0 Å². The van der Waals surface area contributed by atoms with Crippen LogP contribution in [0, 0.1) is 0 Å². The maximum absolute atomic E-state index is 11.5. The van der Waals surface area contributed by atoms with E-state index in [2.05, 4.69) is 6.92 Å². The number of hydrogen-bond donors (Lipinski definition) is 1. The Morgan fingerprint density at radius 2 is 1.24 bits per heavy atom. The van der Waals surface area contributed by atoms with Crippen LogP contribution in [-0.2, 0) is 4.79 Å². The first kappa shape index (κ1) is 16.6. The summed E-state index contributed by atoms with van der Waals surface area (Å²) in [4.78, 5) is 11.5. The van der Waals surface area contributed by atoms with Crippen molar-refractivity contribution in [1.82, 2.24) is 0 Å². The standard InChI is InChI=1S/C15H31NO/c1-2-3-4-6-9-12-15(17)13-10-7-5-8-11-14-16/h2-14,16H2,1H3. The summed E-state index contributed by atoms with van der Waals surface area (Å²) in [6.45, 7) is 3.02. The fourth-order valence-electron chi connectivity index (χ4n) is 2.05. The van der Waals surface area contributed by atoms with Crippen LogP contribution in [-0.4, -0.2) is 12.3 Å². The number of hydrogen-bond acceptors (Lipinski definition) is 2. The van der Waals surface area contributed by atoms with Crippen LogP contribution in [0.2, 0.25) is 0 Å². The van der Waals surface area contributed by atoms with Gasteiger partial charge in [-0.05, 0) is 25.8 Å². The van der Waals surface area contributed by atoms with Crippen molar-refractivity contribution in [1.29, 1.82) is 0 Å². The van der Waals surface area contributed by atoms with Gasteiger partial charge in [-0.15, -0.1) is 0 Å². The second-order valence-corrected chi connectivity index (χ2v) is 5.01. The summed E-state index contributed by atoms with van der Waals surface area (Å²) in [6, 6.07) is 0. The van der Waals surface area contributed by atoms with Crippen LogP contribution in [0.25, 0.3) is 0 Å². The van der Waals surface area contributed by atoms with E-state index in [4.69, 9.17) is 5.73 Å². The van der Waals surface area contributed by atoms with Gasteiger partial charge in [-0.25, -0.2) is 0 Å². The molecule has 0 bridgehead atoms. The van der Waals surface area contributed by atoms with E-state index in [1.807, 2.05) is 0 Å². The summed E-state index contributed by atoms with van der Waals surface area (Å²) >= 11 is 0. The van der Waals surface area contributed by atoms with Crippen molar-refractivity contribution in [3.8, 4) is 0 Å². The number of Topliss-reactive ketones (excluding diaryl/α,β-unsaturated/α-hetero) is 1. The highest BCUT2D eigenvalue weighted by molar-refractivity contribution is 5.78. The van der Waals surface area contributed by atoms with E-state index < -0.39 is 0 Å². The predicted molar refractivity (Wildman–Crippen MR) is 75.1 cm³/mol. The zero-order chi connectivity index (χ0) is 12.8. The number of carbonyl (C=O) groups excluding carboxylic acids is 1. The Bertz CT molecular complexity index is 168. The highest BCUT2D eigenvalue weighted by atomic mass is 16.1. The van der Waals surface area contributed by atoms with Gasteiger partial charge in [-0.2, -0.15) is 0 Å².